The zero-order chi connectivity index (χ0) is 37.0. The average Bonchev–Trinajstić information content (AvgIpc) is 3.54. The minimum atomic E-state index is -4.75. The largest absolute Gasteiger partial charge is 0.481 e. The molecule has 4 N–H and O–H groups in total. The third-order valence-electron chi connectivity index (χ3n) is 9.25. The first-order valence-electron chi connectivity index (χ1n) is 16.7. The lowest BCUT2D eigenvalue weighted by Crippen LogP contribution is -2.36. The average molecular weight is 759 g/mol. The molecule has 0 aliphatic carbocycles. The van der Waals surface area contributed by atoms with Gasteiger partial charge in [-0.15, -0.1) is 0 Å². The molecule has 6 rings (SSSR count). The summed E-state index contributed by atoms with van der Waals surface area (Å²) in [6.45, 7) is 1.79. The Morgan fingerprint density at radius 1 is 1.02 bits per heavy atom. The Kier molecular flexibility index (Phi) is 11.5. The van der Waals surface area contributed by atoms with Crippen LogP contribution in [0.15, 0.2) is 54.9 Å². The lowest BCUT2D eigenvalue weighted by Gasteiger charge is -2.31. The number of nitrogens with zero attached hydrogens (tertiary/aromatic N) is 4. The molecule has 1 aromatic carbocycles. The zero-order valence-corrected chi connectivity index (χ0v) is 29.6. The van der Waals surface area contributed by atoms with E-state index in [1.165, 1.54) is 25.4 Å². The second-order valence-electron chi connectivity index (χ2n) is 12.7. The van der Waals surface area contributed by atoms with Gasteiger partial charge in [0.1, 0.15) is 11.4 Å². The second kappa shape index (κ2) is 16.0. The zero-order valence-electron chi connectivity index (χ0n) is 28.1. The molecule has 2 aliphatic rings. The summed E-state index contributed by atoms with van der Waals surface area (Å²) in [5.74, 6) is -1.37. The highest BCUT2D eigenvalue weighted by molar-refractivity contribution is 6.39. The number of carboxylic acid groups (broad SMARTS) is 1. The first-order chi connectivity index (χ1) is 24.9. The number of carboxylic acids is 1. The van der Waals surface area contributed by atoms with Crippen molar-refractivity contribution in [3.05, 3.63) is 81.6 Å². The molecule has 11 nitrogen and oxygen atoms in total. The summed E-state index contributed by atoms with van der Waals surface area (Å²) in [5.41, 5.74) is 1.75. The third-order valence-corrected chi connectivity index (χ3v) is 10.0. The molecule has 2 fully saturated rings. The number of rotatable bonds is 12. The van der Waals surface area contributed by atoms with Crippen LogP contribution in [0.4, 0.5) is 24.7 Å². The normalized spacial score (nSPS) is 16.9. The van der Waals surface area contributed by atoms with Crippen LogP contribution in [0.2, 0.25) is 10.0 Å². The van der Waals surface area contributed by atoms with Gasteiger partial charge < -0.3 is 25.8 Å². The van der Waals surface area contributed by atoms with Gasteiger partial charge in [0.25, 0.3) is 0 Å². The predicted octanol–water partition coefficient (Wildman–Crippen LogP) is 6.95. The monoisotopic (exact) mass is 757 g/mol. The summed E-state index contributed by atoms with van der Waals surface area (Å²) in [4.78, 5) is 37.8. The van der Waals surface area contributed by atoms with Crippen LogP contribution in [-0.4, -0.2) is 69.6 Å². The van der Waals surface area contributed by atoms with E-state index >= 15 is 0 Å². The number of piperidine rings is 1. The molecule has 1 atom stereocenters. The molecule has 1 amide bonds. The number of anilines is 2. The summed E-state index contributed by atoms with van der Waals surface area (Å²) in [6.07, 6.45) is 0.124. The number of aliphatic carboxylic acids is 1. The number of hydrogen-bond acceptors (Lipinski definition) is 9. The van der Waals surface area contributed by atoms with Crippen LogP contribution in [0.5, 0.6) is 5.88 Å². The Balaban J connectivity index is 1.24. The molecule has 0 bridgehead atoms. The number of pyridine rings is 3. The van der Waals surface area contributed by atoms with Crippen LogP contribution in [0.25, 0.3) is 22.5 Å². The number of aromatic nitrogens is 3. The van der Waals surface area contributed by atoms with Gasteiger partial charge in [0, 0.05) is 61.2 Å². The number of ether oxygens (including phenoxy) is 1. The molecule has 0 saturated carbocycles. The first kappa shape index (κ1) is 37.3. The highest BCUT2D eigenvalue weighted by atomic mass is 35.5. The van der Waals surface area contributed by atoms with Gasteiger partial charge in [0.05, 0.1) is 40.1 Å². The highest BCUT2D eigenvalue weighted by Gasteiger charge is 2.38. The van der Waals surface area contributed by atoms with E-state index in [1.807, 2.05) is 11.0 Å². The number of halogens is 5. The molecule has 5 heterocycles. The minimum Gasteiger partial charge on any atom is -0.481 e. The van der Waals surface area contributed by atoms with Crippen molar-refractivity contribution in [2.24, 2.45) is 5.92 Å². The fourth-order valence-corrected chi connectivity index (χ4v) is 7.11. The molecule has 0 radical (unpaired) electrons. The number of alkyl halides is 3. The van der Waals surface area contributed by atoms with Gasteiger partial charge in [-0.05, 0) is 62.2 Å². The number of carbonyl (C=O) groups excluding carboxylic acids is 1. The van der Waals surface area contributed by atoms with Crippen molar-refractivity contribution in [1.29, 1.82) is 0 Å². The van der Waals surface area contributed by atoms with E-state index in [9.17, 15) is 27.9 Å². The van der Waals surface area contributed by atoms with Gasteiger partial charge in [-0.1, -0.05) is 41.4 Å². The van der Waals surface area contributed by atoms with Crippen molar-refractivity contribution in [2.45, 2.75) is 51.0 Å². The Morgan fingerprint density at radius 3 is 2.48 bits per heavy atom. The predicted molar refractivity (Wildman–Crippen MR) is 191 cm³/mol. The van der Waals surface area contributed by atoms with Crippen LogP contribution in [-0.2, 0) is 28.9 Å². The number of carbonyl (C=O) groups is 2. The Labute approximate surface area is 307 Å². The van der Waals surface area contributed by atoms with E-state index in [0.29, 0.717) is 73.8 Å². The van der Waals surface area contributed by atoms with Crippen molar-refractivity contribution < 1.29 is 32.6 Å². The van der Waals surface area contributed by atoms with E-state index in [-0.39, 0.29) is 39.8 Å². The van der Waals surface area contributed by atoms with Gasteiger partial charge in [0.15, 0.2) is 0 Å². The summed E-state index contributed by atoms with van der Waals surface area (Å²) in [6, 6.07) is 11.6. The van der Waals surface area contributed by atoms with Crippen LogP contribution in [0.3, 0.4) is 0 Å². The summed E-state index contributed by atoms with van der Waals surface area (Å²) in [7, 11) is 1.52. The van der Waals surface area contributed by atoms with E-state index < -0.39 is 29.4 Å². The number of likely N-dealkylation sites (tertiary alicyclic amines) is 1. The van der Waals surface area contributed by atoms with Crippen LogP contribution < -0.4 is 20.7 Å². The fraction of sp³-hybridized carbons (Fsp3) is 0.361. The Bertz CT molecular complexity index is 1960. The number of benzene rings is 1. The molecule has 2 aliphatic heterocycles. The van der Waals surface area contributed by atoms with E-state index in [1.54, 1.807) is 30.5 Å². The Morgan fingerprint density at radius 2 is 1.79 bits per heavy atom. The number of methoxy groups -OCH3 is 1. The summed E-state index contributed by atoms with van der Waals surface area (Å²) < 4.78 is 49.3. The SMILES string of the molecule is COc1nc(-c2ccnc(-c3cccc(Nc4nccc(CN5CCC(C(=O)O)CC5)c4C(F)(F)F)c3Cl)c2Cl)ccc1CNCC1CCC(=O)N1. The third kappa shape index (κ3) is 8.41. The topological polar surface area (TPSA) is 142 Å². The second-order valence-corrected chi connectivity index (χ2v) is 13.4. The van der Waals surface area contributed by atoms with Crippen molar-refractivity contribution in [3.8, 4) is 28.4 Å². The van der Waals surface area contributed by atoms with Crippen molar-refractivity contribution in [2.75, 3.05) is 32.1 Å². The molecule has 3 aromatic heterocycles. The lowest BCUT2D eigenvalue weighted by atomic mass is 9.96. The lowest BCUT2D eigenvalue weighted by molar-refractivity contribution is -0.143. The maximum absolute atomic E-state index is 14.6. The van der Waals surface area contributed by atoms with Crippen LogP contribution >= 0.6 is 23.2 Å². The molecule has 274 valence electrons. The number of amides is 1. The molecule has 16 heteroatoms. The van der Waals surface area contributed by atoms with Crippen molar-refractivity contribution >= 4 is 46.6 Å². The number of nitrogens with one attached hydrogen (secondary N) is 3. The molecular weight excluding hydrogens is 722 g/mol. The smallest absolute Gasteiger partial charge is 0.420 e. The maximum Gasteiger partial charge on any atom is 0.420 e. The number of hydrogen-bond donors (Lipinski definition) is 4. The fourth-order valence-electron chi connectivity index (χ4n) is 6.53. The van der Waals surface area contributed by atoms with E-state index in [0.717, 1.165) is 12.0 Å². The molecular formula is C36H36Cl2F3N7O4. The quantitative estimate of drug-likeness (QED) is 0.120. The molecule has 1 unspecified atom stereocenters. The van der Waals surface area contributed by atoms with E-state index in [2.05, 4.69) is 30.9 Å². The molecule has 2 saturated heterocycles. The molecule has 4 aromatic rings. The maximum atomic E-state index is 14.6. The van der Waals surface area contributed by atoms with Crippen LogP contribution in [0, 0.1) is 5.92 Å². The van der Waals surface area contributed by atoms with Gasteiger partial charge in [-0.2, -0.15) is 13.2 Å². The highest BCUT2D eigenvalue weighted by Crippen LogP contribution is 2.43. The van der Waals surface area contributed by atoms with Gasteiger partial charge in [-0.25, -0.2) is 9.97 Å². The van der Waals surface area contributed by atoms with Gasteiger partial charge in [0.2, 0.25) is 11.8 Å². The molecule has 52 heavy (non-hydrogen) atoms. The Hall–Kier alpha value is -4.50. The van der Waals surface area contributed by atoms with Gasteiger partial charge in [-0.3, -0.25) is 19.5 Å². The summed E-state index contributed by atoms with van der Waals surface area (Å²) in [5, 5.41) is 18.7. The minimum absolute atomic E-state index is 0.00972. The summed E-state index contributed by atoms with van der Waals surface area (Å²) >= 11 is 13.8. The van der Waals surface area contributed by atoms with Crippen molar-refractivity contribution in [3.63, 3.8) is 0 Å². The standard InChI is InChI=1S/C36H36Cl2F3N7O4/c1-52-34-21(17-42-18-23-6-8-28(49)45-23)5-7-26(47-34)24-10-14-43-32(31(24)38)25-3-2-4-27(30(25)37)46-33-29(36(39,40)41)22(9-13-44-33)19-48-15-11-20(12-16-48)35(50)51/h2-5,7,9-10,13-14,20,23,42H,6,8,11-12,15-19H2,1H3,(H,44,46)(H,45,49)(H,50,51). The first-order valence-corrected chi connectivity index (χ1v) is 17.4. The molecule has 0 spiro atoms. The van der Waals surface area contributed by atoms with Crippen molar-refractivity contribution in [1.82, 2.24) is 30.5 Å². The van der Waals surface area contributed by atoms with Crippen LogP contribution in [0.1, 0.15) is 42.4 Å². The van der Waals surface area contributed by atoms with E-state index in [4.69, 9.17) is 27.9 Å². The van der Waals surface area contributed by atoms with Gasteiger partial charge >= 0.3 is 12.1 Å².